The largest absolute Gasteiger partial charge is 0.497 e. The van der Waals surface area contributed by atoms with E-state index in [4.69, 9.17) is 16.3 Å². The van der Waals surface area contributed by atoms with Crippen molar-refractivity contribution in [1.29, 1.82) is 0 Å². The highest BCUT2D eigenvalue weighted by Gasteiger charge is 2.19. The van der Waals surface area contributed by atoms with Gasteiger partial charge in [-0.2, -0.15) is 0 Å². The Balaban J connectivity index is 1.85. The molecule has 0 amide bonds. The summed E-state index contributed by atoms with van der Waals surface area (Å²) in [6.07, 6.45) is 0.173. The topological polar surface area (TPSA) is 81.5 Å². The zero-order valence-electron chi connectivity index (χ0n) is 15.7. The number of Topliss-reactive ketones (excluding diaryl/α,β-unsaturated/α-hetero) is 1. The Morgan fingerprint density at radius 1 is 1.03 bits per heavy atom. The quantitative estimate of drug-likeness (QED) is 0.293. The lowest BCUT2D eigenvalue weighted by Gasteiger charge is -2.20. The van der Waals surface area contributed by atoms with Gasteiger partial charge in [0, 0.05) is 34.8 Å². The number of benzene rings is 3. The highest BCUT2D eigenvalue weighted by atomic mass is 35.5. The van der Waals surface area contributed by atoms with E-state index in [9.17, 15) is 14.9 Å². The zero-order chi connectivity index (χ0) is 20.8. The van der Waals surface area contributed by atoms with Crippen molar-refractivity contribution in [3.05, 3.63) is 99.1 Å². The van der Waals surface area contributed by atoms with E-state index in [0.29, 0.717) is 16.3 Å². The molecule has 0 aliphatic carbocycles. The monoisotopic (exact) mass is 410 g/mol. The SMILES string of the molecule is COc1ccc(C(=O)CC(Nc2ccc(Cl)cc2)c2ccc([N+](=O)[O-])cc2)cc1. The normalized spacial score (nSPS) is 11.5. The van der Waals surface area contributed by atoms with Gasteiger partial charge in [0.05, 0.1) is 18.1 Å². The van der Waals surface area contributed by atoms with Crippen LogP contribution in [0.3, 0.4) is 0 Å². The second kappa shape index (κ2) is 9.21. The van der Waals surface area contributed by atoms with Gasteiger partial charge in [-0.1, -0.05) is 23.7 Å². The van der Waals surface area contributed by atoms with Crippen LogP contribution in [0, 0.1) is 10.1 Å². The Kier molecular flexibility index (Phi) is 6.46. The summed E-state index contributed by atoms with van der Waals surface area (Å²) in [4.78, 5) is 23.3. The van der Waals surface area contributed by atoms with Crippen molar-refractivity contribution in [3.63, 3.8) is 0 Å². The number of ether oxygens (including phenoxy) is 1. The lowest BCUT2D eigenvalue weighted by molar-refractivity contribution is -0.384. The van der Waals surface area contributed by atoms with Crippen LogP contribution in [0.2, 0.25) is 5.02 Å². The lowest BCUT2D eigenvalue weighted by atomic mass is 9.97. The fraction of sp³-hybridized carbons (Fsp3) is 0.136. The van der Waals surface area contributed by atoms with E-state index >= 15 is 0 Å². The van der Waals surface area contributed by atoms with Crippen molar-refractivity contribution in [2.75, 3.05) is 12.4 Å². The number of nitro groups is 1. The van der Waals surface area contributed by atoms with Crippen LogP contribution in [0.5, 0.6) is 5.75 Å². The van der Waals surface area contributed by atoms with Crippen molar-refractivity contribution in [3.8, 4) is 5.75 Å². The molecule has 0 fully saturated rings. The molecule has 1 unspecified atom stereocenters. The van der Waals surface area contributed by atoms with Crippen molar-refractivity contribution in [2.24, 2.45) is 0 Å². The van der Waals surface area contributed by atoms with Gasteiger partial charge in [-0.3, -0.25) is 14.9 Å². The molecule has 6 nitrogen and oxygen atoms in total. The van der Waals surface area contributed by atoms with Gasteiger partial charge >= 0.3 is 0 Å². The van der Waals surface area contributed by atoms with Gasteiger partial charge in [0.25, 0.3) is 5.69 Å². The molecule has 0 heterocycles. The fourth-order valence-electron chi connectivity index (χ4n) is 2.91. The molecule has 7 heteroatoms. The predicted octanol–water partition coefficient (Wildman–Crippen LogP) is 5.68. The number of carbonyl (C=O) groups is 1. The van der Waals surface area contributed by atoms with Crippen molar-refractivity contribution in [2.45, 2.75) is 12.5 Å². The molecule has 148 valence electrons. The zero-order valence-corrected chi connectivity index (χ0v) is 16.4. The number of hydrogen-bond acceptors (Lipinski definition) is 5. The van der Waals surface area contributed by atoms with Gasteiger partial charge < -0.3 is 10.1 Å². The molecule has 29 heavy (non-hydrogen) atoms. The first-order valence-corrected chi connectivity index (χ1v) is 9.28. The lowest BCUT2D eigenvalue weighted by Crippen LogP contribution is -2.16. The number of carbonyl (C=O) groups excluding carboxylic acids is 1. The minimum absolute atomic E-state index is 0.000439. The average molecular weight is 411 g/mol. The van der Waals surface area contributed by atoms with E-state index < -0.39 is 4.92 Å². The van der Waals surface area contributed by atoms with E-state index in [1.165, 1.54) is 12.1 Å². The predicted molar refractivity (Wildman–Crippen MR) is 113 cm³/mol. The first-order chi connectivity index (χ1) is 14.0. The van der Waals surface area contributed by atoms with Gasteiger partial charge in [-0.25, -0.2) is 0 Å². The first-order valence-electron chi connectivity index (χ1n) is 8.90. The molecular weight excluding hydrogens is 392 g/mol. The Morgan fingerprint density at radius 3 is 2.21 bits per heavy atom. The van der Waals surface area contributed by atoms with Gasteiger partial charge in [-0.05, 0) is 54.1 Å². The molecule has 1 atom stereocenters. The van der Waals surface area contributed by atoms with E-state index in [1.807, 2.05) is 12.1 Å². The van der Waals surface area contributed by atoms with Crippen LogP contribution in [-0.4, -0.2) is 17.8 Å². The number of anilines is 1. The highest BCUT2D eigenvalue weighted by molar-refractivity contribution is 6.30. The molecule has 0 aliphatic heterocycles. The molecule has 3 aromatic rings. The summed E-state index contributed by atoms with van der Waals surface area (Å²) in [5.74, 6) is 0.616. The minimum Gasteiger partial charge on any atom is -0.497 e. The Morgan fingerprint density at radius 2 is 1.66 bits per heavy atom. The number of nitrogens with one attached hydrogen (secondary N) is 1. The van der Waals surface area contributed by atoms with Gasteiger partial charge in [-0.15, -0.1) is 0 Å². The average Bonchev–Trinajstić information content (AvgIpc) is 2.75. The molecule has 0 saturated carbocycles. The van der Waals surface area contributed by atoms with E-state index in [-0.39, 0.29) is 23.9 Å². The standard InChI is InChI=1S/C22H19ClN2O4/c1-29-20-12-4-16(5-13-20)22(26)14-21(24-18-8-6-17(23)7-9-18)15-2-10-19(11-3-15)25(27)28/h2-13,21,24H,14H2,1H3. The third-order valence-corrected chi connectivity index (χ3v) is 4.74. The van der Waals surface area contributed by atoms with Crippen molar-refractivity contribution >= 4 is 28.8 Å². The van der Waals surface area contributed by atoms with E-state index in [1.54, 1.807) is 55.6 Å². The second-order valence-electron chi connectivity index (χ2n) is 6.41. The highest BCUT2D eigenvalue weighted by Crippen LogP contribution is 2.27. The summed E-state index contributed by atoms with van der Waals surface area (Å²) < 4.78 is 5.13. The third kappa shape index (κ3) is 5.33. The maximum absolute atomic E-state index is 12.8. The van der Waals surface area contributed by atoms with Crippen molar-refractivity contribution in [1.82, 2.24) is 0 Å². The Bertz CT molecular complexity index is 987. The fourth-order valence-corrected chi connectivity index (χ4v) is 3.03. The molecule has 0 aliphatic rings. The number of ketones is 1. The second-order valence-corrected chi connectivity index (χ2v) is 6.84. The molecular formula is C22H19ClN2O4. The van der Waals surface area contributed by atoms with Crippen LogP contribution in [0.25, 0.3) is 0 Å². The van der Waals surface area contributed by atoms with Crippen molar-refractivity contribution < 1.29 is 14.5 Å². The first kappa shape index (κ1) is 20.4. The van der Waals surface area contributed by atoms with Crippen LogP contribution in [0.4, 0.5) is 11.4 Å². The van der Waals surface area contributed by atoms with Crippen LogP contribution in [0.1, 0.15) is 28.4 Å². The van der Waals surface area contributed by atoms with E-state index in [0.717, 1.165) is 11.3 Å². The summed E-state index contributed by atoms with van der Waals surface area (Å²) >= 11 is 5.95. The Hall–Kier alpha value is -3.38. The number of non-ortho nitro benzene ring substituents is 1. The van der Waals surface area contributed by atoms with Gasteiger partial charge in [0.2, 0.25) is 0 Å². The maximum atomic E-state index is 12.8. The molecule has 3 aromatic carbocycles. The smallest absolute Gasteiger partial charge is 0.269 e. The minimum atomic E-state index is -0.450. The molecule has 0 aromatic heterocycles. The summed E-state index contributed by atoms with van der Waals surface area (Å²) in [6.45, 7) is 0. The number of rotatable bonds is 8. The molecule has 1 N–H and O–H groups in total. The van der Waals surface area contributed by atoms with Crippen LogP contribution in [-0.2, 0) is 0 Å². The van der Waals surface area contributed by atoms with E-state index in [2.05, 4.69) is 5.32 Å². The molecule has 0 spiro atoms. The summed E-state index contributed by atoms with van der Waals surface area (Å²) in [7, 11) is 1.57. The molecule has 3 rings (SSSR count). The maximum Gasteiger partial charge on any atom is 0.269 e. The number of methoxy groups -OCH3 is 1. The number of nitro benzene ring substituents is 1. The summed E-state index contributed by atoms with van der Waals surface area (Å²) in [5, 5.41) is 14.9. The molecule has 0 bridgehead atoms. The molecule has 0 radical (unpaired) electrons. The number of halogens is 1. The summed E-state index contributed by atoms with van der Waals surface area (Å²) in [5.41, 5.74) is 2.13. The molecule has 0 saturated heterocycles. The Labute approximate surface area is 173 Å². The number of nitrogens with zero attached hydrogens (tertiary/aromatic N) is 1. The van der Waals surface area contributed by atoms with Crippen LogP contribution in [0.15, 0.2) is 72.8 Å². The van der Waals surface area contributed by atoms with Crippen LogP contribution < -0.4 is 10.1 Å². The third-order valence-electron chi connectivity index (χ3n) is 4.49. The number of hydrogen-bond donors (Lipinski definition) is 1. The summed E-state index contributed by atoms with van der Waals surface area (Å²) in [6, 6.07) is 19.9. The van der Waals surface area contributed by atoms with Gasteiger partial charge in [0.15, 0.2) is 5.78 Å². The van der Waals surface area contributed by atoms with Gasteiger partial charge in [0.1, 0.15) is 5.75 Å². The van der Waals surface area contributed by atoms with Crippen LogP contribution >= 0.6 is 11.6 Å².